The maximum atomic E-state index is 5.91. The van der Waals surface area contributed by atoms with E-state index in [0.29, 0.717) is 6.04 Å². The first-order chi connectivity index (χ1) is 8.34. The van der Waals surface area contributed by atoms with E-state index in [1.165, 1.54) is 77.5 Å². The zero-order valence-corrected chi connectivity index (χ0v) is 11.2. The standard InChI is InChI=1S/C14H29N3/c15-13-5-7-14(8-6-13)16-9-4-12-17-10-2-1-3-11-17/h13-14,16H,1-12,15H2. The van der Waals surface area contributed by atoms with Gasteiger partial charge in [0.05, 0.1) is 0 Å². The molecule has 1 aliphatic carbocycles. The number of nitrogens with two attached hydrogens (primary N) is 1. The minimum Gasteiger partial charge on any atom is -0.328 e. The Hall–Kier alpha value is -0.120. The molecule has 2 rings (SSSR count). The summed E-state index contributed by atoms with van der Waals surface area (Å²) in [4.78, 5) is 2.63. The average molecular weight is 239 g/mol. The molecule has 100 valence electrons. The van der Waals surface area contributed by atoms with Crippen LogP contribution in [0.4, 0.5) is 0 Å². The highest BCUT2D eigenvalue weighted by molar-refractivity contribution is 4.78. The van der Waals surface area contributed by atoms with Crippen molar-refractivity contribution in [2.45, 2.75) is 63.5 Å². The molecule has 17 heavy (non-hydrogen) atoms. The van der Waals surface area contributed by atoms with Gasteiger partial charge in [-0.15, -0.1) is 0 Å². The van der Waals surface area contributed by atoms with Crippen molar-refractivity contribution in [3.8, 4) is 0 Å². The minimum atomic E-state index is 0.474. The molecule has 0 amide bonds. The highest BCUT2D eigenvalue weighted by Gasteiger charge is 2.17. The van der Waals surface area contributed by atoms with Crippen LogP contribution in [0.1, 0.15) is 51.4 Å². The summed E-state index contributed by atoms with van der Waals surface area (Å²) >= 11 is 0. The van der Waals surface area contributed by atoms with Crippen LogP contribution in [-0.2, 0) is 0 Å². The molecule has 1 saturated heterocycles. The second-order valence-electron chi connectivity index (χ2n) is 5.82. The molecule has 1 saturated carbocycles. The molecule has 0 bridgehead atoms. The molecule has 0 aromatic heterocycles. The van der Waals surface area contributed by atoms with Crippen molar-refractivity contribution < 1.29 is 0 Å². The molecule has 0 aromatic rings. The van der Waals surface area contributed by atoms with E-state index in [2.05, 4.69) is 10.2 Å². The van der Waals surface area contributed by atoms with Gasteiger partial charge < -0.3 is 16.0 Å². The van der Waals surface area contributed by atoms with Gasteiger partial charge in [0.25, 0.3) is 0 Å². The fraction of sp³-hybridized carbons (Fsp3) is 1.00. The van der Waals surface area contributed by atoms with E-state index in [9.17, 15) is 0 Å². The van der Waals surface area contributed by atoms with Crippen LogP contribution in [0.15, 0.2) is 0 Å². The molecule has 3 nitrogen and oxygen atoms in total. The third-order valence-electron chi connectivity index (χ3n) is 4.30. The Labute approximate surface area is 106 Å². The van der Waals surface area contributed by atoms with Crippen molar-refractivity contribution in [1.29, 1.82) is 0 Å². The van der Waals surface area contributed by atoms with Crippen LogP contribution in [0.25, 0.3) is 0 Å². The Bertz CT molecular complexity index is 194. The summed E-state index contributed by atoms with van der Waals surface area (Å²) in [5, 5.41) is 3.70. The van der Waals surface area contributed by atoms with Crippen molar-refractivity contribution in [2.75, 3.05) is 26.2 Å². The van der Waals surface area contributed by atoms with Crippen LogP contribution in [0.5, 0.6) is 0 Å². The van der Waals surface area contributed by atoms with Crippen LogP contribution in [0.2, 0.25) is 0 Å². The zero-order valence-electron chi connectivity index (χ0n) is 11.2. The predicted octanol–water partition coefficient (Wildman–Crippen LogP) is 1.72. The van der Waals surface area contributed by atoms with Gasteiger partial charge in [-0.2, -0.15) is 0 Å². The lowest BCUT2D eigenvalue weighted by Gasteiger charge is -2.28. The summed E-state index contributed by atoms with van der Waals surface area (Å²) in [5.74, 6) is 0. The van der Waals surface area contributed by atoms with E-state index in [4.69, 9.17) is 5.73 Å². The molecule has 1 heterocycles. The Morgan fingerprint density at radius 2 is 1.71 bits per heavy atom. The van der Waals surface area contributed by atoms with Gasteiger partial charge in [0.1, 0.15) is 0 Å². The third-order valence-corrected chi connectivity index (χ3v) is 4.30. The van der Waals surface area contributed by atoms with Gasteiger partial charge in [-0.3, -0.25) is 0 Å². The lowest BCUT2D eigenvalue weighted by Crippen LogP contribution is -2.39. The predicted molar refractivity (Wildman–Crippen MR) is 73.1 cm³/mol. The minimum absolute atomic E-state index is 0.474. The summed E-state index contributed by atoms with van der Waals surface area (Å²) in [7, 11) is 0. The first-order valence-electron chi connectivity index (χ1n) is 7.56. The lowest BCUT2D eigenvalue weighted by molar-refractivity contribution is 0.223. The maximum Gasteiger partial charge on any atom is 0.00682 e. The molecule has 0 atom stereocenters. The zero-order chi connectivity index (χ0) is 11.9. The Balaban J connectivity index is 1.48. The first-order valence-corrected chi connectivity index (χ1v) is 7.56. The monoisotopic (exact) mass is 239 g/mol. The summed E-state index contributed by atoms with van der Waals surface area (Å²) in [6.45, 7) is 5.15. The summed E-state index contributed by atoms with van der Waals surface area (Å²) in [6.07, 6.45) is 10.6. The first kappa shape index (κ1) is 13.3. The van der Waals surface area contributed by atoms with E-state index in [0.717, 1.165) is 6.04 Å². The molecule has 2 fully saturated rings. The molecular weight excluding hydrogens is 210 g/mol. The van der Waals surface area contributed by atoms with Crippen LogP contribution in [-0.4, -0.2) is 43.2 Å². The number of nitrogens with zero attached hydrogens (tertiary/aromatic N) is 1. The highest BCUT2D eigenvalue weighted by Crippen LogP contribution is 2.16. The normalized spacial score (nSPS) is 31.6. The van der Waals surface area contributed by atoms with Crippen molar-refractivity contribution in [3.05, 3.63) is 0 Å². The molecule has 0 aromatic carbocycles. The van der Waals surface area contributed by atoms with E-state index < -0.39 is 0 Å². The molecule has 0 radical (unpaired) electrons. The van der Waals surface area contributed by atoms with Gasteiger partial charge in [0, 0.05) is 12.1 Å². The molecule has 3 N–H and O–H groups in total. The van der Waals surface area contributed by atoms with Crippen molar-refractivity contribution in [2.24, 2.45) is 5.73 Å². The van der Waals surface area contributed by atoms with Crippen LogP contribution in [0, 0.1) is 0 Å². The van der Waals surface area contributed by atoms with Crippen molar-refractivity contribution in [3.63, 3.8) is 0 Å². The fourth-order valence-corrected chi connectivity index (χ4v) is 3.12. The Morgan fingerprint density at radius 3 is 2.41 bits per heavy atom. The second-order valence-corrected chi connectivity index (χ2v) is 5.82. The smallest absolute Gasteiger partial charge is 0.00682 e. The Kier molecular flexibility index (Phi) is 5.75. The van der Waals surface area contributed by atoms with Gasteiger partial charge in [-0.05, 0) is 71.1 Å². The largest absolute Gasteiger partial charge is 0.328 e. The van der Waals surface area contributed by atoms with Gasteiger partial charge >= 0.3 is 0 Å². The lowest BCUT2D eigenvalue weighted by atomic mass is 9.92. The summed E-state index contributed by atoms with van der Waals surface area (Å²) in [6, 6.07) is 1.22. The number of rotatable bonds is 5. The van der Waals surface area contributed by atoms with E-state index in [1.807, 2.05) is 0 Å². The van der Waals surface area contributed by atoms with Crippen molar-refractivity contribution >= 4 is 0 Å². The average Bonchev–Trinajstić information content (AvgIpc) is 2.38. The number of hydrogen-bond acceptors (Lipinski definition) is 3. The summed E-state index contributed by atoms with van der Waals surface area (Å²) in [5.41, 5.74) is 5.91. The van der Waals surface area contributed by atoms with Gasteiger partial charge in [0.2, 0.25) is 0 Å². The van der Waals surface area contributed by atoms with Crippen LogP contribution >= 0.6 is 0 Å². The molecule has 0 unspecified atom stereocenters. The number of piperidine rings is 1. The van der Waals surface area contributed by atoms with E-state index in [-0.39, 0.29) is 0 Å². The van der Waals surface area contributed by atoms with Gasteiger partial charge in [-0.1, -0.05) is 6.42 Å². The highest BCUT2D eigenvalue weighted by atomic mass is 15.1. The third kappa shape index (κ3) is 4.94. The van der Waals surface area contributed by atoms with Crippen molar-refractivity contribution in [1.82, 2.24) is 10.2 Å². The van der Waals surface area contributed by atoms with Crippen LogP contribution < -0.4 is 11.1 Å². The molecule has 1 aliphatic heterocycles. The molecule has 2 aliphatic rings. The number of likely N-dealkylation sites (tertiary alicyclic amines) is 1. The number of nitrogens with one attached hydrogen (secondary N) is 1. The molecular formula is C14H29N3. The van der Waals surface area contributed by atoms with E-state index in [1.54, 1.807) is 0 Å². The summed E-state index contributed by atoms with van der Waals surface area (Å²) < 4.78 is 0. The molecule has 3 heteroatoms. The van der Waals surface area contributed by atoms with Gasteiger partial charge in [-0.25, -0.2) is 0 Å². The number of hydrogen-bond donors (Lipinski definition) is 2. The van der Waals surface area contributed by atoms with Crippen LogP contribution in [0.3, 0.4) is 0 Å². The maximum absolute atomic E-state index is 5.91. The van der Waals surface area contributed by atoms with Gasteiger partial charge in [0.15, 0.2) is 0 Å². The second kappa shape index (κ2) is 7.34. The van der Waals surface area contributed by atoms with E-state index >= 15 is 0 Å². The molecule has 0 spiro atoms. The topological polar surface area (TPSA) is 41.3 Å². The Morgan fingerprint density at radius 1 is 1.00 bits per heavy atom. The SMILES string of the molecule is NC1CCC(NCCCN2CCCCC2)CC1. The fourth-order valence-electron chi connectivity index (χ4n) is 3.12. The quantitative estimate of drug-likeness (QED) is 0.718.